The zero-order valence-electron chi connectivity index (χ0n) is 19.0. The van der Waals surface area contributed by atoms with Gasteiger partial charge in [-0.05, 0) is 32.1 Å². The smallest absolute Gasteiger partial charge is 0.353 e. The average molecular weight is 504 g/mol. The maximum absolute atomic E-state index is 12.7. The van der Waals surface area contributed by atoms with E-state index in [1.54, 1.807) is 44.2 Å². The van der Waals surface area contributed by atoms with Crippen molar-refractivity contribution >= 4 is 30.5 Å². The fourth-order valence-electron chi connectivity index (χ4n) is 3.52. The van der Waals surface area contributed by atoms with Crippen LogP contribution in [-0.4, -0.2) is 72.6 Å². The second-order valence-corrected chi connectivity index (χ2v) is 9.33. The van der Waals surface area contributed by atoms with Gasteiger partial charge in [-0.2, -0.15) is 4.68 Å². The van der Waals surface area contributed by atoms with Gasteiger partial charge in [0.05, 0.1) is 13.2 Å². The van der Waals surface area contributed by atoms with Gasteiger partial charge in [-0.15, -0.1) is 5.10 Å². The number of aliphatic hydroxyl groups excluding tert-OH is 2. The molecule has 3 N–H and O–H groups in total. The minimum absolute atomic E-state index is 0.119. The number of benzene rings is 1. The van der Waals surface area contributed by atoms with Crippen LogP contribution in [0.2, 0.25) is 0 Å². The summed E-state index contributed by atoms with van der Waals surface area (Å²) in [5.41, 5.74) is 0.757. The van der Waals surface area contributed by atoms with Crippen LogP contribution in [0.3, 0.4) is 0 Å². The number of hydrogen-bond donors (Lipinski definition) is 3. The molecule has 35 heavy (non-hydrogen) atoms. The van der Waals surface area contributed by atoms with Gasteiger partial charge in [-0.25, -0.2) is 9.97 Å². The van der Waals surface area contributed by atoms with E-state index in [4.69, 9.17) is 13.8 Å². The van der Waals surface area contributed by atoms with Gasteiger partial charge in [-0.1, -0.05) is 23.4 Å². The number of carbonyl (C=O) groups excluding carboxylic acids is 1. The topological polar surface area (TPSA) is 171 Å². The fraction of sp³-hybridized carbons (Fsp3) is 0.381. The summed E-state index contributed by atoms with van der Waals surface area (Å²) in [6.45, 7) is 3.67. The van der Waals surface area contributed by atoms with E-state index in [1.165, 1.54) is 22.9 Å². The lowest BCUT2D eigenvalue weighted by Gasteiger charge is -2.15. The Hall–Kier alpha value is -3.06. The van der Waals surface area contributed by atoms with Crippen molar-refractivity contribution in [1.82, 2.24) is 25.0 Å². The summed E-state index contributed by atoms with van der Waals surface area (Å²) in [5.74, 6) is 0.918. The Morgan fingerprint density at radius 1 is 1.17 bits per heavy atom. The van der Waals surface area contributed by atoms with Crippen molar-refractivity contribution in [3.8, 4) is 0 Å². The number of rotatable bonds is 9. The van der Waals surface area contributed by atoms with Crippen LogP contribution in [-0.2, 0) is 18.3 Å². The molecule has 1 fully saturated rings. The fourth-order valence-corrected chi connectivity index (χ4v) is 4.86. The SMILES string of the molecule is CCOP(=O)(C=CC1OC(n2nnc3c(NC(=O)c4ccccc4)ncnc32)C(O)C1O)OCC. The number of aromatic nitrogens is 5. The van der Waals surface area contributed by atoms with E-state index < -0.39 is 38.0 Å². The summed E-state index contributed by atoms with van der Waals surface area (Å²) in [6.07, 6.45) is -2.46. The van der Waals surface area contributed by atoms with Gasteiger partial charge in [0, 0.05) is 11.4 Å². The predicted molar refractivity (Wildman–Crippen MR) is 123 cm³/mol. The van der Waals surface area contributed by atoms with E-state index in [9.17, 15) is 19.6 Å². The van der Waals surface area contributed by atoms with Gasteiger partial charge in [0.25, 0.3) is 5.91 Å². The first-order valence-corrected chi connectivity index (χ1v) is 12.5. The van der Waals surface area contributed by atoms with E-state index in [0.717, 1.165) is 0 Å². The van der Waals surface area contributed by atoms with Crippen LogP contribution >= 0.6 is 7.60 Å². The molecule has 4 atom stereocenters. The average Bonchev–Trinajstić information content (AvgIpc) is 3.40. The number of amides is 1. The van der Waals surface area contributed by atoms with Crippen LogP contribution in [0.4, 0.5) is 5.82 Å². The summed E-state index contributed by atoms with van der Waals surface area (Å²) >= 11 is 0. The normalized spacial score (nSPS) is 22.7. The summed E-state index contributed by atoms with van der Waals surface area (Å²) in [5, 5.41) is 31.8. The molecule has 0 saturated carbocycles. The van der Waals surface area contributed by atoms with E-state index in [0.29, 0.717) is 5.56 Å². The van der Waals surface area contributed by atoms with Crippen LogP contribution in [0.1, 0.15) is 30.4 Å². The summed E-state index contributed by atoms with van der Waals surface area (Å²) in [7, 11) is -3.53. The molecular weight excluding hydrogens is 479 g/mol. The number of hydrogen-bond acceptors (Lipinski definition) is 11. The quantitative estimate of drug-likeness (QED) is 0.363. The Kier molecular flexibility index (Phi) is 7.65. The number of anilines is 1. The Bertz CT molecular complexity index is 1240. The van der Waals surface area contributed by atoms with Gasteiger partial charge >= 0.3 is 7.60 Å². The number of nitrogens with one attached hydrogen (secondary N) is 1. The van der Waals surface area contributed by atoms with Crippen molar-refractivity contribution in [2.75, 3.05) is 18.5 Å². The highest BCUT2D eigenvalue weighted by Crippen LogP contribution is 2.50. The Balaban J connectivity index is 1.57. The largest absolute Gasteiger partial charge is 0.387 e. The number of nitrogens with zero attached hydrogens (tertiary/aromatic N) is 5. The molecule has 14 heteroatoms. The van der Waals surface area contributed by atoms with Crippen LogP contribution < -0.4 is 5.32 Å². The van der Waals surface area contributed by atoms with Crippen molar-refractivity contribution in [2.24, 2.45) is 0 Å². The maximum atomic E-state index is 12.7. The van der Waals surface area contributed by atoms with Gasteiger partial charge < -0.3 is 29.3 Å². The summed E-state index contributed by atoms with van der Waals surface area (Å²) in [4.78, 5) is 20.7. The molecule has 1 aliphatic heterocycles. The van der Waals surface area contributed by atoms with Crippen LogP contribution in [0.25, 0.3) is 11.2 Å². The predicted octanol–water partition coefficient (Wildman–Crippen LogP) is 1.87. The maximum Gasteiger partial charge on any atom is 0.353 e. The van der Waals surface area contributed by atoms with E-state index >= 15 is 0 Å². The van der Waals surface area contributed by atoms with Gasteiger partial charge in [0.1, 0.15) is 24.6 Å². The highest BCUT2D eigenvalue weighted by atomic mass is 31.2. The zero-order valence-corrected chi connectivity index (χ0v) is 19.9. The molecule has 0 radical (unpaired) electrons. The minimum atomic E-state index is -3.53. The number of aliphatic hydroxyl groups is 2. The molecule has 4 rings (SSSR count). The van der Waals surface area contributed by atoms with Crippen molar-refractivity contribution in [1.29, 1.82) is 0 Å². The van der Waals surface area contributed by atoms with E-state index in [-0.39, 0.29) is 30.2 Å². The van der Waals surface area contributed by atoms with Crippen LogP contribution in [0, 0.1) is 0 Å². The first-order valence-electron chi connectivity index (χ1n) is 10.9. The Labute approximate surface area is 200 Å². The molecule has 0 spiro atoms. The summed E-state index contributed by atoms with van der Waals surface area (Å²) in [6, 6.07) is 8.56. The van der Waals surface area contributed by atoms with Crippen molar-refractivity contribution < 1.29 is 33.4 Å². The first-order chi connectivity index (χ1) is 16.9. The van der Waals surface area contributed by atoms with Gasteiger partial charge in [0.15, 0.2) is 23.2 Å². The first kappa shape index (κ1) is 25.0. The zero-order chi connectivity index (χ0) is 25.0. The molecule has 0 bridgehead atoms. The number of carbonyl (C=O) groups is 1. The Morgan fingerprint density at radius 3 is 2.57 bits per heavy atom. The molecule has 3 heterocycles. The molecule has 13 nitrogen and oxygen atoms in total. The van der Waals surface area contributed by atoms with Crippen molar-refractivity contribution in [2.45, 2.75) is 38.4 Å². The van der Waals surface area contributed by atoms with E-state index in [1.807, 2.05) is 0 Å². The highest BCUT2D eigenvalue weighted by Gasteiger charge is 2.44. The highest BCUT2D eigenvalue weighted by molar-refractivity contribution is 7.57. The third kappa shape index (κ3) is 5.30. The molecule has 3 aromatic rings. The standard InChI is InChI=1S/C21H25N6O7P/c1-3-32-35(31,33-4-2)11-10-14-16(28)17(29)21(34-14)27-19-15(25-26-27)18(22-12-23-19)24-20(30)13-8-6-5-7-9-13/h5-12,14,16-17,21,28-29H,3-4H2,1-2H3,(H,22,23,24,30). The van der Waals surface area contributed by atoms with Crippen LogP contribution in [0.15, 0.2) is 48.6 Å². The number of ether oxygens (including phenoxy) is 1. The second kappa shape index (κ2) is 10.7. The lowest BCUT2D eigenvalue weighted by atomic mass is 10.1. The van der Waals surface area contributed by atoms with E-state index in [2.05, 4.69) is 25.6 Å². The molecule has 1 saturated heterocycles. The summed E-state index contributed by atoms with van der Waals surface area (Å²) < 4.78 is 30.0. The lowest BCUT2D eigenvalue weighted by molar-refractivity contribution is -0.0329. The Morgan fingerprint density at radius 2 is 1.89 bits per heavy atom. The van der Waals surface area contributed by atoms with Gasteiger partial charge in [-0.3, -0.25) is 9.36 Å². The van der Waals surface area contributed by atoms with Crippen molar-refractivity contribution in [3.63, 3.8) is 0 Å². The molecule has 4 unspecified atom stereocenters. The third-order valence-corrected chi connectivity index (χ3v) is 6.90. The second-order valence-electron chi connectivity index (χ2n) is 7.44. The number of fused-ring (bicyclic) bond motifs is 1. The third-order valence-electron chi connectivity index (χ3n) is 5.12. The molecule has 186 valence electrons. The minimum Gasteiger partial charge on any atom is -0.387 e. The van der Waals surface area contributed by atoms with Crippen LogP contribution in [0.5, 0.6) is 0 Å². The monoisotopic (exact) mass is 504 g/mol. The lowest BCUT2D eigenvalue weighted by Crippen LogP contribution is -2.31. The molecule has 1 aromatic carbocycles. The molecule has 1 aliphatic rings. The van der Waals surface area contributed by atoms with Crippen molar-refractivity contribution in [3.05, 3.63) is 54.1 Å². The van der Waals surface area contributed by atoms with Gasteiger partial charge in [0.2, 0.25) is 0 Å². The molecule has 2 aromatic heterocycles. The molecule has 1 amide bonds. The molecular formula is C21H25N6O7P. The molecule has 0 aliphatic carbocycles.